The molecule has 0 saturated heterocycles. The van der Waals surface area contributed by atoms with E-state index in [1.54, 1.807) is 13.0 Å². The van der Waals surface area contributed by atoms with E-state index in [1.807, 2.05) is 50.2 Å². The van der Waals surface area contributed by atoms with E-state index < -0.39 is 0 Å². The van der Waals surface area contributed by atoms with Gasteiger partial charge in [0.15, 0.2) is 11.6 Å². The van der Waals surface area contributed by atoms with Crippen LogP contribution in [-0.4, -0.2) is 11.6 Å². The number of rotatable bonds is 2. The van der Waals surface area contributed by atoms with Crippen molar-refractivity contribution >= 4 is 11.6 Å². The number of hydrogen-bond acceptors (Lipinski definition) is 2. The molecule has 0 aromatic heterocycles. The van der Waals surface area contributed by atoms with E-state index in [0.717, 1.165) is 11.1 Å². The molecule has 2 aromatic carbocycles. The molecule has 0 unspecified atom stereocenters. The third-order valence-corrected chi connectivity index (χ3v) is 4.23. The van der Waals surface area contributed by atoms with Crippen molar-refractivity contribution < 1.29 is 9.59 Å². The lowest BCUT2D eigenvalue weighted by molar-refractivity contribution is 0.0973. The Labute approximate surface area is 130 Å². The minimum atomic E-state index is -0.0308. The maximum Gasteiger partial charge on any atom is 0.190 e. The highest BCUT2D eigenvalue weighted by atomic mass is 16.1. The van der Waals surface area contributed by atoms with Crippen molar-refractivity contribution in [3.63, 3.8) is 0 Å². The Balaban J connectivity index is 2.04. The Morgan fingerprint density at radius 3 is 2.05 bits per heavy atom. The van der Waals surface area contributed by atoms with Crippen LogP contribution in [0.1, 0.15) is 44.3 Å². The van der Waals surface area contributed by atoms with E-state index in [2.05, 4.69) is 0 Å². The molecule has 2 aromatic rings. The number of hydrogen-bond donors (Lipinski definition) is 0. The summed E-state index contributed by atoms with van der Waals surface area (Å²) in [5.74, 6) is -0.0481. The van der Waals surface area contributed by atoms with Crippen LogP contribution >= 0.6 is 0 Å². The molecule has 0 amide bonds. The van der Waals surface area contributed by atoms with E-state index in [1.165, 1.54) is 5.56 Å². The fourth-order valence-electron chi connectivity index (χ4n) is 2.84. The van der Waals surface area contributed by atoms with Gasteiger partial charge >= 0.3 is 0 Å². The lowest BCUT2D eigenvalue weighted by Gasteiger charge is -2.19. The van der Waals surface area contributed by atoms with Gasteiger partial charge in [0, 0.05) is 28.7 Å². The minimum Gasteiger partial charge on any atom is -0.289 e. The van der Waals surface area contributed by atoms with Gasteiger partial charge in [-0.2, -0.15) is 0 Å². The highest BCUT2D eigenvalue weighted by Gasteiger charge is 2.29. The maximum atomic E-state index is 12.8. The van der Waals surface area contributed by atoms with Crippen LogP contribution < -0.4 is 0 Å². The van der Waals surface area contributed by atoms with Gasteiger partial charge in [0.25, 0.3) is 0 Å². The molecule has 0 bridgehead atoms. The van der Waals surface area contributed by atoms with E-state index in [4.69, 9.17) is 0 Å². The molecule has 0 atom stereocenters. The number of ketones is 2. The summed E-state index contributed by atoms with van der Waals surface area (Å²) < 4.78 is 0. The molecule has 0 aliphatic heterocycles. The molecular weight excluding hydrogens is 272 g/mol. The average molecular weight is 290 g/mol. The second-order valence-electron chi connectivity index (χ2n) is 5.97. The Morgan fingerprint density at radius 1 is 0.727 bits per heavy atom. The zero-order valence-electron chi connectivity index (χ0n) is 13.1. The van der Waals surface area contributed by atoms with Gasteiger partial charge in [0.05, 0.1) is 0 Å². The molecule has 1 aliphatic carbocycles. The normalized spacial score (nSPS) is 14.3. The number of Topliss-reactive ketones (excluding diaryl/α,β-unsaturated/α-hetero) is 2. The number of allylic oxidation sites excluding steroid dienone is 2. The van der Waals surface area contributed by atoms with Crippen LogP contribution in [0.3, 0.4) is 0 Å². The summed E-state index contributed by atoms with van der Waals surface area (Å²) in [5.41, 5.74) is 5.49. The first-order valence-electron chi connectivity index (χ1n) is 7.42. The molecule has 0 N–H and O–H groups in total. The SMILES string of the molecule is CC1=C(Cc2ccc(C)cc2)C(=O)c2cc(C)ccc2C1=O. The molecular formula is C20H18O2. The predicted octanol–water partition coefficient (Wildman–Crippen LogP) is 4.24. The van der Waals surface area contributed by atoms with Crippen LogP contribution in [0.4, 0.5) is 0 Å². The summed E-state index contributed by atoms with van der Waals surface area (Å²) >= 11 is 0. The highest BCUT2D eigenvalue weighted by molar-refractivity contribution is 6.26. The van der Waals surface area contributed by atoms with Gasteiger partial charge in [0.1, 0.15) is 0 Å². The Morgan fingerprint density at radius 2 is 1.36 bits per heavy atom. The van der Waals surface area contributed by atoms with Crippen molar-refractivity contribution in [3.8, 4) is 0 Å². The Hall–Kier alpha value is -2.48. The highest BCUT2D eigenvalue weighted by Crippen LogP contribution is 2.29. The number of carbonyl (C=O) groups excluding carboxylic acids is 2. The van der Waals surface area contributed by atoms with Crippen LogP contribution in [-0.2, 0) is 6.42 Å². The van der Waals surface area contributed by atoms with Crippen LogP contribution in [0.2, 0.25) is 0 Å². The molecule has 0 radical (unpaired) electrons. The van der Waals surface area contributed by atoms with E-state index in [-0.39, 0.29) is 11.6 Å². The Bertz CT molecular complexity index is 808. The van der Waals surface area contributed by atoms with E-state index in [9.17, 15) is 9.59 Å². The molecule has 3 rings (SSSR count). The third-order valence-electron chi connectivity index (χ3n) is 4.23. The smallest absolute Gasteiger partial charge is 0.190 e. The topological polar surface area (TPSA) is 34.1 Å². The van der Waals surface area contributed by atoms with E-state index >= 15 is 0 Å². The number of benzene rings is 2. The van der Waals surface area contributed by atoms with Crippen LogP contribution in [0.25, 0.3) is 0 Å². The van der Waals surface area contributed by atoms with Crippen LogP contribution in [0, 0.1) is 13.8 Å². The molecule has 110 valence electrons. The lowest BCUT2D eigenvalue weighted by Crippen LogP contribution is -2.22. The summed E-state index contributed by atoms with van der Waals surface area (Å²) in [7, 11) is 0. The predicted molar refractivity (Wildman–Crippen MR) is 87.4 cm³/mol. The number of carbonyl (C=O) groups is 2. The first-order chi connectivity index (χ1) is 10.5. The van der Waals surface area contributed by atoms with Crippen molar-refractivity contribution in [2.24, 2.45) is 0 Å². The molecule has 1 aliphatic rings. The molecule has 22 heavy (non-hydrogen) atoms. The van der Waals surface area contributed by atoms with E-state index in [0.29, 0.717) is 28.7 Å². The molecule has 0 saturated carbocycles. The van der Waals surface area contributed by atoms with Crippen LogP contribution in [0.15, 0.2) is 53.6 Å². The van der Waals surface area contributed by atoms with Gasteiger partial charge in [-0.05, 0) is 32.4 Å². The summed E-state index contributed by atoms with van der Waals surface area (Å²) in [6, 6.07) is 13.5. The summed E-state index contributed by atoms with van der Waals surface area (Å²) in [4.78, 5) is 25.3. The molecule has 0 spiro atoms. The fraction of sp³-hybridized carbons (Fsp3) is 0.200. The third kappa shape index (κ3) is 2.41. The fourth-order valence-corrected chi connectivity index (χ4v) is 2.84. The lowest BCUT2D eigenvalue weighted by atomic mass is 9.81. The van der Waals surface area contributed by atoms with Crippen molar-refractivity contribution in [3.05, 3.63) is 81.4 Å². The molecule has 2 heteroatoms. The maximum absolute atomic E-state index is 12.8. The standard InChI is InChI=1S/C20H18O2/c1-12-4-7-15(8-5-12)11-17-14(3)19(21)16-9-6-13(2)10-18(16)20(17)22/h4-10H,11H2,1-3H3. The summed E-state index contributed by atoms with van der Waals surface area (Å²) in [6.07, 6.45) is 0.504. The van der Waals surface area contributed by atoms with Gasteiger partial charge in [-0.1, -0.05) is 47.5 Å². The zero-order chi connectivity index (χ0) is 15.9. The molecule has 0 fully saturated rings. The van der Waals surface area contributed by atoms with Gasteiger partial charge in [-0.3, -0.25) is 9.59 Å². The van der Waals surface area contributed by atoms with Crippen LogP contribution in [0.5, 0.6) is 0 Å². The van der Waals surface area contributed by atoms with Crippen molar-refractivity contribution in [1.82, 2.24) is 0 Å². The molecule has 2 nitrogen and oxygen atoms in total. The Kier molecular flexibility index (Phi) is 3.53. The van der Waals surface area contributed by atoms with Crippen molar-refractivity contribution in [1.29, 1.82) is 0 Å². The first kappa shape index (κ1) is 14.5. The number of fused-ring (bicyclic) bond motifs is 1. The first-order valence-corrected chi connectivity index (χ1v) is 7.42. The molecule has 0 heterocycles. The van der Waals surface area contributed by atoms with Crippen molar-refractivity contribution in [2.75, 3.05) is 0 Å². The summed E-state index contributed by atoms with van der Waals surface area (Å²) in [6.45, 7) is 5.72. The van der Waals surface area contributed by atoms with Gasteiger partial charge < -0.3 is 0 Å². The minimum absolute atomic E-state index is 0.0172. The number of aryl methyl sites for hydroxylation is 2. The largest absolute Gasteiger partial charge is 0.289 e. The zero-order valence-corrected chi connectivity index (χ0v) is 13.1. The second kappa shape index (κ2) is 5.38. The van der Waals surface area contributed by atoms with Gasteiger partial charge in [-0.25, -0.2) is 0 Å². The monoisotopic (exact) mass is 290 g/mol. The quantitative estimate of drug-likeness (QED) is 0.829. The summed E-state index contributed by atoms with van der Waals surface area (Å²) in [5, 5.41) is 0. The van der Waals surface area contributed by atoms with Gasteiger partial charge in [0.2, 0.25) is 0 Å². The van der Waals surface area contributed by atoms with Crippen molar-refractivity contribution in [2.45, 2.75) is 27.2 Å². The second-order valence-corrected chi connectivity index (χ2v) is 5.97. The van der Waals surface area contributed by atoms with Gasteiger partial charge in [-0.15, -0.1) is 0 Å². The average Bonchev–Trinajstić information content (AvgIpc) is 2.51.